The lowest BCUT2D eigenvalue weighted by Gasteiger charge is -2.14. The Kier molecular flexibility index (Phi) is 6.39. The van der Waals surface area contributed by atoms with Crippen molar-refractivity contribution in [3.05, 3.63) is 103 Å². The molecule has 172 valence electrons. The van der Waals surface area contributed by atoms with Crippen molar-refractivity contribution in [1.29, 1.82) is 0 Å². The number of amides is 1. The van der Waals surface area contributed by atoms with Gasteiger partial charge in [0, 0.05) is 30.6 Å². The number of anilines is 1. The molecule has 2 aromatic carbocycles. The lowest BCUT2D eigenvalue weighted by molar-refractivity contribution is -0.117. The van der Waals surface area contributed by atoms with Crippen molar-refractivity contribution in [3.8, 4) is 22.5 Å². The van der Waals surface area contributed by atoms with Crippen LogP contribution in [0.15, 0.2) is 91.4 Å². The van der Waals surface area contributed by atoms with E-state index < -0.39 is 0 Å². The van der Waals surface area contributed by atoms with Crippen LogP contribution in [0, 0.1) is 0 Å². The van der Waals surface area contributed by atoms with E-state index in [0.29, 0.717) is 18.8 Å². The van der Waals surface area contributed by atoms with E-state index in [1.807, 2.05) is 54.6 Å². The maximum Gasteiger partial charge on any atom is 0.217 e. The Morgan fingerprint density at radius 2 is 1.74 bits per heavy atom. The van der Waals surface area contributed by atoms with Gasteiger partial charge in [-0.25, -0.2) is 9.97 Å². The summed E-state index contributed by atoms with van der Waals surface area (Å²) in [4.78, 5) is 29.8. The Bertz CT molecular complexity index is 1470. The highest BCUT2D eigenvalue weighted by atomic mass is 16.1. The molecule has 0 fully saturated rings. The normalized spacial score (nSPS) is 10.9. The zero-order valence-electron chi connectivity index (χ0n) is 19.1. The predicted octanol–water partition coefficient (Wildman–Crippen LogP) is 4.78. The molecule has 5 rings (SSSR count). The minimum Gasteiger partial charge on any atom is -0.370 e. The number of hydrogen-bond acceptors (Lipinski definition) is 6. The maximum absolute atomic E-state index is 11.2. The SMILES string of the molecule is NC(=O)CCc1cncc(-c2nc(NCc3ccccn3)c3c(-c4ccccc4)cccc3n2)c1. The van der Waals surface area contributed by atoms with Crippen molar-refractivity contribution in [2.75, 3.05) is 5.32 Å². The molecule has 0 saturated heterocycles. The van der Waals surface area contributed by atoms with Crippen LogP contribution in [0.25, 0.3) is 33.4 Å². The highest BCUT2D eigenvalue weighted by Gasteiger charge is 2.15. The summed E-state index contributed by atoms with van der Waals surface area (Å²) in [5, 5.41) is 4.42. The molecule has 7 nitrogen and oxygen atoms in total. The summed E-state index contributed by atoms with van der Waals surface area (Å²) in [5.74, 6) is 0.934. The Balaban J connectivity index is 1.61. The number of nitrogens with two attached hydrogens (primary N) is 1. The van der Waals surface area contributed by atoms with Gasteiger partial charge in [0.25, 0.3) is 0 Å². The van der Waals surface area contributed by atoms with Gasteiger partial charge in [-0.05, 0) is 47.4 Å². The van der Waals surface area contributed by atoms with E-state index in [2.05, 4.69) is 33.5 Å². The smallest absolute Gasteiger partial charge is 0.217 e. The summed E-state index contributed by atoms with van der Waals surface area (Å²) in [7, 11) is 0. The fourth-order valence-corrected chi connectivity index (χ4v) is 3.99. The molecular weight excluding hydrogens is 436 g/mol. The molecule has 7 heteroatoms. The monoisotopic (exact) mass is 460 g/mol. The van der Waals surface area contributed by atoms with Gasteiger partial charge in [0.2, 0.25) is 5.91 Å². The first kappa shape index (κ1) is 22.2. The van der Waals surface area contributed by atoms with Crippen molar-refractivity contribution < 1.29 is 4.79 Å². The van der Waals surface area contributed by atoms with Gasteiger partial charge in [0.1, 0.15) is 5.82 Å². The molecule has 0 unspecified atom stereocenters. The largest absolute Gasteiger partial charge is 0.370 e. The molecule has 0 saturated carbocycles. The number of pyridine rings is 2. The fraction of sp³-hybridized carbons (Fsp3) is 0.107. The van der Waals surface area contributed by atoms with E-state index in [0.717, 1.165) is 44.7 Å². The van der Waals surface area contributed by atoms with E-state index in [1.54, 1.807) is 18.6 Å². The molecule has 5 aromatic rings. The summed E-state index contributed by atoms with van der Waals surface area (Å²) in [5.41, 5.74) is 10.9. The predicted molar refractivity (Wildman–Crippen MR) is 137 cm³/mol. The van der Waals surface area contributed by atoms with Crippen molar-refractivity contribution in [2.45, 2.75) is 19.4 Å². The first-order chi connectivity index (χ1) is 17.2. The van der Waals surface area contributed by atoms with E-state index >= 15 is 0 Å². The Hall–Kier alpha value is -4.65. The molecule has 0 atom stereocenters. The lowest BCUT2D eigenvalue weighted by atomic mass is 10.0. The molecule has 0 radical (unpaired) electrons. The molecule has 3 heterocycles. The number of hydrogen-bond donors (Lipinski definition) is 2. The molecule has 0 aliphatic rings. The zero-order chi connectivity index (χ0) is 24.0. The van der Waals surface area contributed by atoms with Gasteiger partial charge in [-0.1, -0.05) is 48.5 Å². The summed E-state index contributed by atoms with van der Waals surface area (Å²) in [6, 6.07) is 24.1. The van der Waals surface area contributed by atoms with Gasteiger partial charge < -0.3 is 11.1 Å². The van der Waals surface area contributed by atoms with Crippen LogP contribution in [0.3, 0.4) is 0 Å². The summed E-state index contributed by atoms with van der Waals surface area (Å²) >= 11 is 0. The van der Waals surface area contributed by atoms with Crippen LogP contribution in [-0.4, -0.2) is 25.8 Å². The molecule has 0 aliphatic carbocycles. The maximum atomic E-state index is 11.2. The topological polar surface area (TPSA) is 107 Å². The highest BCUT2D eigenvalue weighted by molar-refractivity contribution is 6.02. The van der Waals surface area contributed by atoms with E-state index in [4.69, 9.17) is 15.7 Å². The summed E-state index contributed by atoms with van der Waals surface area (Å²) < 4.78 is 0. The Labute approximate surface area is 203 Å². The molecular formula is C28H24N6O. The number of carbonyl (C=O) groups excluding carboxylic acids is 1. The standard InChI is InChI=1S/C28H24N6O/c29-25(35)13-12-19-15-21(17-30-16-19)27-33-24-11-6-10-23(20-7-2-1-3-8-20)26(24)28(34-27)32-18-22-9-4-5-14-31-22/h1-11,14-17H,12-13,18H2,(H2,29,35)(H,32,33,34). The number of primary amides is 1. The average molecular weight is 461 g/mol. The van der Waals surface area contributed by atoms with Crippen molar-refractivity contribution in [2.24, 2.45) is 5.73 Å². The second kappa shape index (κ2) is 10.1. The lowest BCUT2D eigenvalue weighted by Crippen LogP contribution is -2.11. The van der Waals surface area contributed by atoms with Crippen LogP contribution in [0.1, 0.15) is 17.7 Å². The second-order valence-electron chi connectivity index (χ2n) is 8.18. The van der Waals surface area contributed by atoms with Crippen molar-refractivity contribution in [1.82, 2.24) is 19.9 Å². The third-order valence-corrected chi connectivity index (χ3v) is 5.68. The van der Waals surface area contributed by atoms with Crippen LogP contribution in [-0.2, 0) is 17.8 Å². The molecule has 1 amide bonds. The molecule has 0 spiro atoms. The molecule has 0 bridgehead atoms. The average Bonchev–Trinajstić information content (AvgIpc) is 2.91. The van der Waals surface area contributed by atoms with E-state index in [-0.39, 0.29) is 12.3 Å². The Morgan fingerprint density at radius 3 is 2.54 bits per heavy atom. The minimum atomic E-state index is -0.341. The van der Waals surface area contributed by atoms with E-state index in [1.165, 1.54) is 0 Å². The molecule has 3 aromatic heterocycles. The van der Waals surface area contributed by atoms with Gasteiger partial charge in [-0.2, -0.15) is 0 Å². The molecule has 35 heavy (non-hydrogen) atoms. The van der Waals surface area contributed by atoms with Gasteiger partial charge >= 0.3 is 0 Å². The van der Waals surface area contributed by atoms with Gasteiger partial charge in [0.05, 0.1) is 23.1 Å². The molecule has 0 aliphatic heterocycles. The fourth-order valence-electron chi connectivity index (χ4n) is 3.99. The molecule has 3 N–H and O–H groups in total. The van der Waals surface area contributed by atoms with Gasteiger partial charge in [0.15, 0.2) is 5.82 Å². The van der Waals surface area contributed by atoms with Crippen LogP contribution in [0.2, 0.25) is 0 Å². The van der Waals surface area contributed by atoms with E-state index in [9.17, 15) is 4.79 Å². The first-order valence-electron chi connectivity index (χ1n) is 11.4. The number of benzene rings is 2. The quantitative estimate of drug-likeness (QED) is 0.345. The van der Waals surface area contributed by atoms with Crippen LogP contribution < -0.4 is 11.1 Å². The number of rotatable bonds is 8. The number of fused-ring (bicyclic) bond motifs is 1. The third-order valence-electron chi connectivity index (χ3n) is 5.68. The number of carbonyl (C=O) groups is 1. The van der Waals surface area contributed by atoms with Gasteiger partial charge in [-0.3, -0.25) is 14.8 Å². The van der Waals surface area contributed by atoms with Crippen LogP contribution >= 0.6 is 0 Å². The van der Waals surface area contributed by atoms with Crippen LogP contribution in [0.4, 0.5) is 5.82 Å². The number of aryl methyl sites for hydroxylation is 1. The van der Waals surface area contributed by atoms with Crippen molar-refractivity contribution >= 4 is 22.6 Å². The van der Waals surface area contributed by atoms with Gasteiger partial charge in [-0.15, -0.1) is 0 Å². The summed E-state index contributed by atoms with van der Waals surface area (Å²) in [6.07, 6.45) is 6.03. The first-order valence-corrected chi connectivity index (χ1v) is 11.4. The highest BCUT2D eigenvalue weighted by Crippen LogP contribution is 2.34. The third kappa shape index (κ3) is 5.14. The second-order valence-corrected chi connectivity index (χ2v) is 8.18. The van der Waals surface area contributed by atoms with Crippen molar-refractivity contribution in [3.63, 3.8) is 0 Å². The number of nitrogens with one attached hydrogen (secondary N) is 1. The minimum absolute atomic E-state index is 0.265. The number of nitrogens with zero attached hydrogens (tertiary/aromatic N) is 4. The van der Waals surface area contributed by atoms with Crippen LogP contribution in [0.5, 0.6) is 0 Å². The Morgan fingerprint density at radius 1 is 0.886 bits per heavy atom. The number of aromatic nitrogens is 4. The zero-order valence-corrected chi connectivity index (χ0v) is 19.1. The summed E-state index contributed by atoms with van der Waals surface area (Å²) in [6.45, 7) is 0.520.